The molecule has 0 aliphatic heterocycles. The van der Waals surface area contributed by atoms with Gasteiger partial charge in [0.25, 0.3) is 0 Å². The first kappa shape index (κ1) is 14.4. The number of carbonyl (C=O) groups excluding carboxylic acids is 1. The fraction of sp³-hybridized carbons (Fsp3) is 0.909. The number of carbonyl (C=O) groups is 1. The van der Waals surface area contributed by atoms with Crippen LogP contribution in [0.3, 0.4) is 0 Å². The van der Waals surface area contributed by atoms with E-state index >= 15 is 0 Å². The van der Waals surface area contributed by atoms with E-state index in [0.717, 1.165) is 31.9 Å². The van der Waals surface area contributed by atoms with Crippen LogP contribution in [0.15, 0.2) is 0 Å². The van der Waals surface area contributed by atoms with Crippen LogP contribution in [0, 0.1) is 0 Å². The van der Waals surface area contributed by atoms with Crippen molar-refractivity contribution in [3.63, 3.8) is 0 Å². The van der Waals surface area contributed by atoms with Gasteiger partial charge in [0.2, 0.25) is 5.91 Å². The molecule has 0 spiro atoms. The van der Waals surface area contributed by atoms with E-state index in [4.69, 9.17) is 5.73 Å². The van der Waals surface area contributed by atoms with Crippen molar-refractivity contribution in [3.05, 3.63) is 0 Å². The topological polar surface area (TPSA) is 89.3 Å². The molecule has 0 heterocycles. The normalized spacial score (nSPS) is 21.1. The van der Waals surface area contributed by atoms with Crippen molar-refractivity contribution in [1.29, 1.82) is 0 Å². The minimum atomic E-state index is -3.06. The van der Waals surface area contributed by atoms with Crippen LogP contribution in [0.5, 0.6) is 0 Å². The van der Waals surface area contributed by atoms with Crippen LogP contribution in [0.2, 0.25) is 0 Å². The summed E-state index contributed by atoms with van der Waals surface area (Å²) in [5.74, 6) is -0.179. The van der Waals surface area contributed by atoms with Gasteiger partial charge in [0.1, 0.15) is 9.84 Å². The molecule has 1 aliphatic carbocycles. The van der Waals surface area contributed by atoms with Crippen LogP contribution < -0.4 is 11.1 Å². The zero-order valence-electron chi connectivity index (χ0n) is 10.5. The summed E-state index contributed by atoms with van der Waals surface area (Å²) in [5.41, 5.74) is 5.70. The number of nitrogens with one attached hydrogen (secondary N) is 1. The molecule has 0 saturated heterocycles. The summed E-state index contributed by atoms with van der Waals surface area (Å²) in [6, 6.07) is -0.359. The highest BCUT2D eigenvalue weighted by molar-refractivity contribution is 7.90. The third-order valence-corrected chi connectivity index (χ3v) is 4.18. The quantitative estimate of drug-likeness (QED) is 0.740. The Hall–Kier alpha value is -0.620. The number of hydrogen-bond donors (Lipinski definition) is 2. The Bertz CT molecular complexity index is 372. The number of amides is 1. The van der Waals surface area contributed by atoms with Crippen LogP contribution in [-0.2, 0) is 14.6 Å². The summed E-state index contributed by atoms with van der Waals surface area (Å²) >= 11 is 0. The molecule has 0 aromatic heterocycles. The van der Waals surface area contributed by atoms with E-state index in [9.17, 15) is 13.2 Å². The molecule has 0 radical (unpaired) electrons. The van der Waals surface area contributed by atoms with Gasteiger partial charge in [-0.15, -0.1) is 0 Å². The molecule has 1 atom stereocenters. The van der Waals surface area contributed by atoms with Crippen molar-refractivity contribution in [3.8, 4) is 0 Å². The van der Waals surface area contributed by atoms with Gasteiger partial charge >= 0.3 is 0 Å². The lowest BCUT2D eigenvalue weighted by Gasteiger charge is -2.23. The summed E-state index contributed by atoms with van der Waals surface area (Å²) in [7, 11) is -3.06. The predicted molar refractivity (Wildman–Crippen MR) is 67.3 cm³/mol. The third kappa shape index (κ3) is 5.50. The molecule has 100 valence electrons. The standard InChI is InChI=1S/C11H22N2O3S/c1-9(8-17(2,15)16)13-10(14)7-11(12)5-3-4-6-11/h9H,3-8,12H2,1-2H3,(H,13,14). The molecule has 5 nitrogen and oxygen atoms in total. The van der Waals surface area contributed by atoms with Crippen LogP contribution in [0.1, 0.15) is 39.0 Å². The second-order valence-corrected chi connectivity index (χ2v) is 7.49. The van der Waals surface area contributed by atoms with Gasteiger partial charge in [0.15, 0.2) is 0 Å². The smallest absolute Gasteiger partial charge is 0.222 e. The maximum Gasteiger partial charge on any atom is 0.222 e. The lowest BCUT2D eigenvalue weighted by molar-refractivity contribution is -0.122. The van der Waals surface area contributed by atoms with Crippen molar-refractivity contribution < 1.29 is 13.2 Å². The molecule has 3 N–H and O–H groups in total. The summed E-state index contributed by atoms with van der Waals surface area (Å²) in [6.07, 6.45) is 5.35. The molecular weight excluding hydrogens is 240 g/mol. The van der Waals surface area contributed by atoms with Crippen molar-refractivity contribution >= 4 is 15.7 Å². The van der Waals surface area contributed by atoms with Gasteiger partial charge in [-0.25, -0.2) is 8.42 Å². The van der Waals surface area contributed by atoms with Crippen molar-refractivity contribution in [2.45, 2.75) is 50.6 Å². The first-order chi connectivity index (χ1) is 7.70. The first-order valence-electron chi connectivity index (χ1n) is 5.96. The van der Waals surface area contributed by atoms with E-state index < -0.39 is 9.84 Å². The van der Waals surface area contributed by atoms with Crippen molar-refractivity contribution in [2.24, 2.45) is 5.73 Å². The Morgan fingerprint density at radius 2 is 1.94 bits per heavy atom. The zero-order valence-corrected chi connectivity index (χ0v) is 11.3. The van der Waals surface area contributed by atoms with Gasteiger partial charge in [-0.05, 0) is 19.8 Å². The fourth-order valence-corrected chi connectivity index (χ4v) is 3.39. The Labute approximate surface area is 103 Å². The molecule has 0 bridgehead atoms. The van der Waals surface area contributed by atoms with E-state index in [-0.39, 0.29) is 23.2 Å². The summed E-state index contributed by atoms with van der Waals surface area (Å²) < 4.78 is 22.1. The summed E-state index contributed by atoms with van der Waals surface area (Å²) in [6.45, 7) is 1.69. The Morgan fingerprint density at radius 1 is 1.41 bits per heavy atom. The van der Waals surface area contributed by atoms with E-state index in [1.165, 1.54) is 0 Å². The Kier molecular flexibility index (Phi) is 4.55. The lowest BCUT2D eigenvalue weighted by atomic mass is 9.94. The van der Waals surface area contributed by atoms with Crippen LogP contribution >= 0.6 is 0 Å². The molecule has 0 aromatic rings. The lowest BCUT2D eigenvalue weighted by Crippen LogP contribution is -2.45. The van der Waals surface area contributed by atoms with Crippen molar-refractivity contribution in [1.82, 2.24) is 5.32 Å². The molecule has 6 heteroatoms. The monoisotopic (exact) mass is 262 g/mol. The van der Waals surface area contributed by atoms with Gasteiger partial charge in [-0.2, -0.15) is 0 Å². The maximum absolute atomic E-state index is 11.7. The second kappa shape index (κ2) is 5.35. The fourth-order valence-electron chi connectivity index (χ4n) is 2.40. The zero-order chi connectivity index (χ0) is 13.1. The van der Waals surface area contributed by atoms with E-state index in [1.54, 1.807) is 6.92 Å². The highest BCUT2D eigenvalue weighted by Crippen LogP contribution is 2.29. The SMILES string of the molecule is CC(CS(C)(=O)=O)NC(=O)CC1(N)CCCC1. The van der Waals surface area contributed by atoms with Crippen LogP contribution in [0.4, 0.5) is 0 Å². The highest BCUT2D eigenvalue weighted by atomic mass is 32.2. The minimum absolute atomic E-state index is 0.0314. The van der Waals surface area contributed by atoms with E-state index in [2.05, 4.69) is 5.32 Å². The van der Waals surface area contributed by atoms with Crippen LogP contribution in [-0.4, -0.2) is 37.9 Å². The molecule has 1 saturated carbocycles. The van der Waals surface area contributed by atoms with Gasteiger partial charge < -0.3 is 11.1 Å². The number of sulfone groups is 1. The molecule has 1 fully saturated rings. The Morgan fingerprint density at radius 3 is 2.41 bits per heavy atom. The predicted octanol–water partition coefficient (Wildman–Crippen LogP) is 0.197. The molecular formula is C11H22N2O3S. The molecule has 1 rings (SSSR count). The number of rotatable bonds is 5. The average molecular weight is 262 g/mol. The average Bonchev–Trinajstić information content (AvgIpc) is 2.46. The van der Waals surface area contributed by atoms with E-state index in [0.29, 0.717) is 6.42 Å². The first-order valence-corrected chi connectivity index (χ1v) is 8.02. The maximum atomic E-state index is 11.7. The summed E-state index contributed by atoms with van der Waals surface area (Å²) in [5, 5.41) is 2.69. The largest absolute Gasteiger partial charge is 0.353 e. The third-order valence-electron chi connectivity index (χ3n) is 3.07. The number of hydrogen-bond acceptors (Lipinski definition) is 4. The van der Waals surface area contributed by atoms with Gasteiger partial charge in [-0.3, -0.25) is 4.79 Å². The molecule has 1 unspecified atom stereocenters. The van der Waals surface area contributed by atoms with Gasteiger partial charge in [0.05, 0.1) is 5.75 Å². The molecule has 1 amide bonds. The van der Waals surface area contributed by atoms with Gasteiger partial charge in [0, 0.05) is 24.3 Å². The van der Waals surface area contributed by atoms with Gasteiger partial charge in [-0.1, -0.05) is 12.8 Å². The summed E-state index contributed by atoms with van der Waals surface area (Å²) in [4.78, 5) is 11.7. The Balaban J connectivity index is 2.39. The molecule has 17 heavy (non-hydrogen) atoms. The highest BCUT2D eigenvalue weighted by Gasteiger charge is 2.32. The number of nitrogens with two attached hydrogens (primary N) is 1. The second-order valence-electron chi connectivity index (χ2n) is 5.31. The molecule has 1 aliphatic rings. The van der Waals surface area contributed by atoms with Crippen LogP contribution in [0.25, 0.3) is 0 Å². The molecule has 0 aromatic carbocycles. The minimum Gasteiger partial charge on any atom is -0.353 e. The van der Waals surface area contributed by atoms with E-state index in [1.807, 2.05) is 0 Å². The van der Waals surface area contributed by atoms with Crippen molar-refractivity contribution in [2.75, 3.05) is 12.0 Å².